The Hall–Kier alpha value is -1.08. The van der Waals surface area contributed by atoms with Crippen molar-refractivity contribution in [3.8, 4) is 0 Å². The first-order valence-electron chi connectivity index (χ1n) is 6.76. The summed E-state index contributed by atoms with van der Waals surface area (Å²) in [5.41, 5.74) is -1.51. The predicted molar refractivity (Wildman–Crippen MR) is 77.5 cm³/mol. The Morgan fingerprint density at radius 3 is 2.15 bits per heavy atom. The van der Waals surface area contributed by atoms with E-state index >= 15 is 0 Å². The zero-order chi connectivity index (χ0) is 15.9. The van der Waals surface area contributed by atoms with Gasteiger partial charge in [0.1, 0.15) is 0 Å². The van der Waals surface area contributed by atoms with Gasteiger partial charge < -0.3 is 14.6 Å². The molecule has 1 fully saturated rings. The molecule has 1 heterocycles. The van der Waals surface area contributed by atoms with Gasteiger partial charge in [0.25, 0.3) is 0 Å². The number of rotatable bonds is 3. The van der Waals surface area contributed by atoms with Gasteiger partial charge in [-0.05, 0) is 31.5 Å². The minimum absolute atomic E-state index is 0.0525. The fourth-order valence-corrected chi connectivity index (χ4v) is 3.60. The monoisotopic (exact) mass is 303 g/mol. The third-order valence-corrected chi connectivity index (χ3v) is 9.20. The zero-order valence-electron chi connectivity index (χ0n) is 13.1. The molecular formula is C13H25NO5Si. The number of aliphatic carboxylic acids is 1. The van der Waals surface area contributed by atoms with Crippen molar-refractivity contribution in [2.75, 3.05) is 6.54 Å². The molecular weight excluding hydrogens is 278 g/mol. The molecule has 116 valence electrons. The van der Waals surface area contributed by atoms with Crippen LogP contribution < -0.4 is 0 Å². The van der Waals surface area contributed by atoms with E-state index in [9.17, 15) is 19.8 Å². The highest BCUT2D eigenvalue weighted by atomic mass is 28.4. The van der Waals surface area contributed by atoms with E-state index in [1.54, 1.807) is 0 Å². The molecule has 1 aliphatic rings. The molecule has 20 heavy (non-hydrogen) atoms. The highest BCUT2D eigenvalue weighted by Crippen LogP contribution is 2.41. The summed E-state index contributed by atoms with van der Waals surface area (Å²) in [7, 11) is -2.15. The third kappa shape index (κ3) is 2.69. The summed E-state index contributed by atoms with van der Waals surface area (Å²) in [6.07, 6.45) is -1.39. The van der Waals surface area contributed by atoms with Crippen LogP contribution in [0.2, 0.25) is 18.1 Å². The number of nitrogens with zero attached hydrogens (tertiary/aromatic N) is 1. The number of carboxylic acid groups (broad SMARTS) is 2. The van der Waals surface area contributed by atoms with E-state index in [2.05, 4.69) is 20.8 Å². The molecule has 1 saturated heterocycles. The van der Waals surface area contributed by atoms with Crippen LogP contribution in [0.5, 0.6) is 0 Å². The van der Waals surface area contributed by atoms with E-state index in [0.717, 1.165) is 4.90 Å². The van der Waals surface area contributed by atoms with E-state index in [0.29, 0.717) is 6.42 Å². The van der Waals surface area contributed by atoms with E-state index in [1.807, 2.05) is 13.1 Å². The van der Waals surface area contributed by atoms with Gasteiger partial charge in [0.2, 0.25) is 0 Å². The van der Waals surface area contributed by atoms with Gasteiger partial charge in [0, 0.05) is 6.54 Å². The van der Waals surface area contributed by atoms with Crippen LogP contribution in [-0.4, -0.2) is 53.7 Å². The Labute approximate surface area is 120 Å². The average molecular weight is 303 g/mol. The maximum atomic E-state index is 11.6. The van der Waals surface area contributed by atoms with Crippen molar-refractivity contribution in [1.82, 2.24) is 4.90 Å². The van der Waals surface area contributed by atoms with E-state index in [1.165, 1.54) is 6.92 Å². The Kier molecular flexibility index (Phi) is 4.27. The molecule has 0 spiro atoms. The van der Waals surface area contributed by atoms with Crippen molar-refractivity contribution in [3.05, 3.63) is 0 Å². The fraction of sp³-hybridized carbons (Fsp3) is 0.846. The first kappa shape index (κ1) is 17.0. The van der Waals surface area contributed by atoms with Crippen LogP contribution >= 0.6 is 0 Å². The number of likely N-dealkylation sites (tertiary alicyclic amines) is 1. The van der Waals surface area contributed by atoms with Crippen LogP contribution in [-0.2, 0) is 9.22 Å². The SMILES string of the molecule is CC(C)(C)[Si](C)(C)O[C@H]1CCN(C(=O)O)[C@]1(C)C(=O)O. The van der Waals surface area contributed by atoms with Crippen LogP contribution in [0.1, 0.15) is 34.1 Å². The lowest BCUT2D eigenvalue weighted by molar-refractivity contribution is -0.151. The van der Waals surface area contributed by atoms with Crippen LogP contribution in [0, 0.1) is 0 Å². The van der Waals surface area contributed by atoms with Gasteiger partial charge in [0.15, 0.2) is 13.9 Å². The summed E-state index contributed by atoms with van der Waals surface area (Å²) in [5.74, 6) is -1.15. The predicted octanol–water partition coefficient (Wildman–Crippen LogP) is 2.60. The van der Waals surface area contributed by atoms with E-state index < -0.39 is 32.0 Å². The van der Waals surface area contributed by atoms with Crippen LogP contribution in [0.4, 0.5) is 4.79 Å². The van der Waals surface area contributed by atoms with Crippen molar-refractivity contribution < 1.29 is 24.2 Å². The van der Waals surface area contributed by atoms with Gasteiger partial charge in [0.05, 0.1) is 6.10 Å². The van der Waals surface area contributed by atoms with Gasteiger partial charge in [-0.25, -0.2) is 9.59 Å². The van der Waals surface area contributed by atoms with Crippen molar-refractivity contribution in [1.29, 1.82) is 0 Å². The minimum atomic E-state index is -2.15. The molecule has 0 aromatic heterocycles. The standard InChI is InChI=1S/C13H25NO5Si/c1-12(2,3)20(5,6)19-9-7-8-14(11(17)18)13(9,4)10(15)16/h9H,7-8H2,1-6H3,(H,15,16)(H,17,18)/t9-,13-/m0/s1. The second-order valence-corrected chi connectivity index (χ2v) is 11.8. The van der Waals surface area contributed by atoms with Gasteiger partial charge in [-0.2, -0.15) is 0 Å². The molecule has 1 rings (SSSR count). The second kappa shape index (κ2) is 5.03. The molecule has 1 amide bonds. The molecule has 0 radical (unpaired) electrons. The molecule has 0 bridgehead atoms. The summed E-state index contributed by atoms with van der Waals surface area (Å²) in [6.45, 7) is 11.9. The van der Waals surface area contributed by atoms with Crippen molar-refractivity contribution >= 4 is 20.4 Å². The van der Waals surface area contributed by atoms with Crippen LogP contribution in [0.15, 0.2) is 0 Å². The maximum absolute atomic E-state index is 11.6. The molecule has 2 N–H and O–H groups in total. The Bertz CT molecular complexity index is 417. The van der Waals surface area contributed by atoms with Crippen molar-refractivity contribution in [2.24, 2.45) is 0 Å². The quantitative estimate of drug-likeness (QED) is 0.783. The molecule has 0 aromatic rings. The molecule has 1 aliphatic heterocycles. The number of carbonyl (C=O) groups is 2. The third-order valence-electron chi connectivity index (χ3n) is 4.71. The largest absolute Gasteiger partial charge is 0.479 e. The van der Waals surface area contributed by atoms with Gasteiger partial charge in [-0.3, -0.25) is 4.90 Å². The lowest BCUT2D eigenvalue weighted by atomic mass is 9.96. The molecule has 0 saturated carbocycles. The molecule has 7 heteroatoms. The smallest absolute Gasteiger partial charge is 0.408 e. The van der Waals surface area contributed by atoms with Crippen LogP contribution in [0.25, 0.3) is 0 Å². The molecule has 0 aliphatic carbocycles. The summed E-state index contributed by atoms with van der Waals surface area (Å²) in [6, 6.07) is 0. The van der Waals surface area contributed by atoms with Crippen LogP contribution in [0.3, 0.4) is 0 Å². The van der Waals surface area contributed by atoms with Gasteiger partial charge >= 0.3 is 12.1 Å². The normalized spacial score (nSPS) is 27.7. The van der Waals surface area contributed by atoms with E-state index in [-0.39, 0.29) is 11.6 Å². The first-order chi connectivity index (χ1) is 8.84. The average Bonchev–Trinajstić information content (AvgIpc) is 2.55. The summed E-state index contributed by atoms with van der Waals surface area (Å²) < 4.78 is 6.17. The highest BCUT2D eigenvalue weighted by molar-refractivity contribution is 6.74. The number of hydrogen-bond donors (Lipinski definition) is 2. The fourth-order valence-electron chi connectivity index (χ4n) is 2.19. The first-order valence-corrected chi connectivity index (χ1v) is 9.66. The number of hydrogen-bond acceptors (Lipinski definition) is 3. The van der Waals surface area contributed by atoms with Crippen molar-refractivity contribution in [2.45, 2.75) is 63.9 Å². The summed E-state index contributed by atoms with van der Waals surface area (Å²) in [4.78, 5) is 23.8. The molecule has 2 atom stereocenters. The molecule has 0 unspecified atom stereocenters. The molecule has 0 aromatic carbocycles. The number of carboxylic acids is 1. The molecule has 6 nitrogen and oxygen atoms in total. The second-order valence-electron chi connectivity index (χ2n) is 7.04. The van der Waals surface area contributed by atoms with Gasteiger partial charge in [-0.1, -0.05) is 20.8 Å². The topological polar surface area (TPSA) is 87.1 Å². The Morgan fingerprint density at radius 1 is 1.30 bits per heavy atom. The zero-order valence-corrected chi connectivity index (χ0v) is 14.1. The maximum Gasteiger partial charge on any atom is 0.408 e. The summed E-state index contributed by atoms with van der Waals surface area (Å²) >= 11 is 0. The minimum Gasteiger partial charge on any atom is -0.479 e. The summed E-state index contributed by atoms with van der Waals surface area (Å²) in [5, 5.41) is 18.6. The number of amides is 1. The lowest BCUT2D eigenvalue weighted by Gasteiger charge is -2.42. The Balaban J connectivity index is 3.08. The van der Waals surface area contributed by atoms with Crippen molar-refractivity contribution in [3.63, 3.8) is 0 Å². The Morgan fingerprint density at radius 2 is 1.80 bits per heavy atom. The lowest BCUT2D eigenvalue weighted by Crippen LogP contribution is -2.59. The van der Waals surface area contributed by atoms with E-state index in [4.69, 9.17) is 4.43 Å². The highest BCUT2D eigenvalue weighted by Gasteiger charge is 2.56. The van der Waals surface area contributed by atoms with Gasteiger partial charge in [-0.15, -0.1) is 0 Å².